The number of unbranched alkanes of at least 4 members (excludes halogenated alkanes) is 26. The minimum absolute atomic E-state index is 0.355. The molecule has 0 saturated carbocycles. The monoisotopic (exact) mass is 534 g/mol. The third-order valence-corrected chi connectivity index (χ3v) is 7.97. The van der Waals surface area contributed by atoms with E-state index in [9.17, 15) is 5.21 Å². The highest BCUT2D eigenvalue weighted by Gasteiger charge is 1.95. The van der Waals surface area contributed by atoms with E-state index in [1.165, 1.54) is 167 Å². The van der Waals surface area contributed by atoms with Crippen molar-refractivity contribution >= 4 is 0 Å². The highest BCUT2D eigenvalue weighted by Crippen LogP contribution is 2.14. The molecule has 0 rings (SSSR count). The molecule has 0 spiro atoms. The fraction of sp³-hybridized carbons (Fsp3) is 0.889. The molecule has 38 heavy (non-hydrogen) atoms. The zero-order valence-electron chi connectivity index (χ0n) is 26.4. The van der Waals surface area contributed by atoms with Gasteiger partial charge in [0.15, 0.2) is 0 Å². The van der Waals surface area contributed by atoms with Gasteiger partial charge in [0.05, 0.1) is 13.1 Å². The van der Waals surface area contributed by atoms with Crippen molar-refractivity contribution in [2.24, 2.45) is 0 Å². The molecule has 0 aromatic heterocycles. The lowest BCUT2D eigenvalue weighted by Crippen LogP contribution is -3.06. The molecule has 0 aromatic carbocycles. The van der Waals surface area contributed by atoms with Crippen molar-refractivity contribution in [1.29, 1.82) is 0 Å². The first kappa shape index (κ1) is 37.4. The number of rotatable bonds is 32. The summed E-state index contributed by atoms with van der Waals surface area (Å²) in [4.78, 5) is 0. The van der Waals surface area contributed by atoms with E-state index in [4.69, 9.17) is 0 Å². The van der Waals surface area contributed by atoms with Crippen molar-refractivity contribution in [3.8, 4) is 0 Å². The van der Waals surface area contributed by atoms with Gasteiger partial charge in [0.25, 0.3) is 0 Å². The molecule has 0 aromatic rings. The summed E-state index contributed by atoms with van der Waals surface area (Å²) >= 11 is 0. The third-order valence-electron chi connectivity index (χ3n) is 7.97. The summed E-state index contributed by atoms with van der Waals surface area (Å²) in [6.45, 7) is 5.81. The Morgan fingerprint density at radius 1 is 0.342 bits per heavy atom. The Morgan fingerprint density at radius 3 is 0.842 bits per heavy atom. The Balaban J connectivity index is 3.27. The standard InChI is InChI=1S/C36H71NO/c1-3-5-7-9-11-13-15-17-19-21-23-25-27-29-31-33-35-37(38)36-34-32-30-28-26-24-22-20-18-16-14-12-10-8-6-4-2/h31-34,37H,3-30,35-36H2,1-2H3. The number of quaternary nitrogens is 1. The van der Waals surface area contributed by atoms with E-state index in [2.05, 4.69) is 38.2 Å². The van der Waals surface area contributed by atoms with E-state index in [1.807, 2.05) is 0 Å². The summed E-state index contributed by atoms with van der Waals surface area (Å²) in [7, 11) is 0. The van der Waals surface area contributed by atoms with Crippen LogP contribution in [-0.4, -0.2) is 13.1 Å². The molecule has 0 amide bonds. The van der Waals surface area contributed by atoms with Crippen LogP contribution in [0.3, 0.4) is 0 Å². The molecule has 0 aliphatic heterocycles. The van der Waals surface area contributed by atoms with Crippen molar-refractivity contribution in [3.05, 3.63) is 29.5 Å². The first-order chi connectivity index (χ1) is 18.8. The molecule has 0 unspecified atom stereocenters. The maximum Gasteiger partial charge on any atom is 0.0957 e. The molecule has 1 N–H and O–H groups in total. The van der Waals surface area contributed by atoms with Crippen LogP contribution in [0.1, 0.15) is 194 Å². The lowest BCUT2D eigenvalue weighted by molar-refractivity contribution is -0.834. The smallest absolute Gasteiger partial charge is 0.0957 e. The van der Waals surface area contributed by atoms with Crippen molar-refractivity contribution < 1.29 is 5.06 Å². The van der Waals surface area contributed by atoms with Gasteiger partial charge in [0.2, 0.25) is 0 Å². The highest BCUT2D eigenvalue weighted by atomic mass is 16.5. The normalized spacial score (nSPS) is 12.8. The highest BCUT2D eigenvalue weighted by molar-refractivity contribution is 4.83. The van der Waals surface area contributed by atoms with Crippen molar-refractivity contribution in [1.82, 2.24) is 0 Å². The van der Waals surface area contributed by atoms with Gasteiger partial charge < -0.3 is 10.3 Å². The SMILES string of the molecule is CCCCCCCCCCCCCCCC=CC[NH+]([O-])CC=CCCCCCCCCCCCCCCC. The van der Waals surface area contributed by atoms with E-state index in [0.717, 1.165) is 12.8 Å². The molecular formula is C36H71NO. The second kappa shape index (κ2) is 34.4. The summed E-state index contributed by atoms with van der Waals surface area (Å²) < 4.78 is 0. The van der Waals surface area contributed by atoms with Gasteiger partial charge in [-0.15, -0.1) is 0 Å². The van der Waals surface area contributed by atoms with Gasteiger partial charge in [-0.3, -0.25) is 0 Å². The molecule has 0 aliphatic carbocycles. The molecule has 0 aliphatic rings. The Morgan fingerprint density at radius 2 is 0.579 bits per heavy atom. The quantitative estimate of drug-likeness (QED) is 0.0519. The number of hydrogen-bond donors (Lipinski definition) is 1. The van der Waals surface area contributed by atoms with Crippen LogP contribution in [0.4, 0.5) is 0 Å². The van der Waals surface area contributed by atoms with Gasteiger partial charge in [0.1, 0.15) is 0 Å². The molecule has 226 valence electrons. The molecule has 2 heteroatoms. The molecule has 0 heterocycles. The minimum atomic E-state index is 0.355. The summed E-state index contributed by atoms with van der Waals surface area (Å²) in [5.41, 5.74) is 0. The lowest BCUT2D eigenvalue weighted by Gasteiger charge is -2.18. The molecule has 0 fully saturated rings. The second-order valence-corrected chi connectivity index (χ2v) is 12.0. The number of allylic oxidation sites excluding steroid dienone is 2. The summed E-state index contributed by atoms with van der Waals surface area (Å²) in [5, 5.41) is 12.4. The maximum absolute atomic E-state index is 12.0. The predicted molar refractivity (Wildman–Crippen MR) is 173 cm³/mol. The zero-order valence-corrected chi connectivity index (χ0v) is 26.4. The van der Waals surface area contributed by atoms with Crippen LogP contribution in [0.5, 0.6) is 0 Å². The predicted octanol–water partition coefficient (Wildman–Crippen LogP) is 11.4. The topological polar surface area (TPSA) is 27.5 Å². The Labute approximate surface area is 241 Å². The maximum atomic E-state index is 12.0. The van der Waals surface area contributed by atoms with Gasteiger partial charge in [-0.05, 0) is 37.8 Å². The number of hydroxylamine groups is 2. The van der Waals surface area contributed by atoms with Crippen LogP contribution in [0, 0.1) is 5.21 Å². The molecule has 0 saturated heterocycles. The van der Waals surface area contributed by atoms with E-state index in [-0.39, 0.29) is 0 Å². The molecular weight excluding hydrogens is 462 g/mol. The largest absolute Gasteiger partial charge is 0.634 e. The van der Waals surface area contributed by atoms with Crippen molar-refractivity contribution in [3.63, 3.8) is 0 Å². The Kier molecular flexibility index (Phi) is 33.9. The van der Waals surface area contributed by atoms with Gasteiger partial charge in [-0.2, -0.15) is 0 Å². The minimum Gasteiger partial charge on any atom is -0.634 e. The summed E-state index contributed by atoms with van der Waals surface area (Å²) in [5.74, 6) is 0. The molecule has 0 radical (unpaired) electrons. The zero-order chi connectivity index (χ0) is 27.6. The van der Waals surface area contributed by atoms with Crippen LogP contribution in [-0.2, 0) is 0 Å². The van der Waals surface area contributed by atoms with E-state index < -0.39 is 0 Å². The summed E-state index contributed by atoms with van der Waals surface area (Å²) in [6.07, 6.45) is 47.5. The Bertz CT molecular complexity index is 430. The Hall–Kier alpha value is -0.600. The van der Waals surface area contributed by atoms with Crippen molar-refractivity contribution in [2.45, 2.75) is 194 Å². The van der Waals surface area contributed by atoms with Crippen LogP contribution in [0.25, 0.3) is 0 Å². The van der Waals surface area contributed by atoms with E-state index in [1.54, 1.807) is 0 Å². The molecule has 0 atom stereocenters. The first-order valence-corrected chi connectivity index (χ1v) is 17.6. The second-order valence-electron chi connectivity index (χ2n) is 12.0. The van der Waals surface area contributed by atoms with Crippen LogP contribution >= 0.6 is 0 Å². The van der Waals surface area contributed by atoms with E-state index >= 15 is 0 Å². The number of nitrogens with one attached hydrogen (secondary N) is 1. The fourth-order valence-corrected chi connectivity index (χ4v) is 5.31. The van der Waals surface area contributed by atoms with Crippen molar-refractivity contribution in [2.75, 3.05) is 13.1 Å². The van der Waals surface area contributed by atoms with Gasteiger partial charge in [-0.25, -0.2) is 0 Å². The molecule has 2 nitrogen and oxygen atoms in total. The van der Waals surface area contributed by atoms with Crippen LogP contribution < -0.4 is 5.06 Å². The van der Waals surface area contributed by atoms with Gasteiger partial charge in [-0.1, -0.05) is 180 Å². The third kappa shape index (κ3) is 33.4. The van der Waals surface area contributed by atoms with Crippen LogP contribution in [0.2, 0.25) is 0 Å². The first-order valence-electron chi connectivity index (χ1n) is 17.6. The fourth-order valence-electron chi connectivity index (χ4n) is 5.31. The average molecular weight is 534 g/mol. The van der Waals surface area contributed by atoms with E-state index in [0.29, 0.717) is 18.2 Å². The van der Waals surface area contributed by atoms with Gasteiger partial charge in [0, 0.05) is 0 Å². The lowest BCUT2D eigenvalue weighted by atomic mass is 10.0. The molecule has 0 bridgehead atoms. The van der Waals surface area contributed by atoms with Crippen LogP contribution in [0.15, 0.2) is 24.3 Å². The number of hydrogen-bond acceptors (Lipinski definition) is 1. The van der Waals surface area contributed by atoms with Gasteiger partial charge >= 0.3 is 0 Å². The average Bonchev–Trinajstić information content (AvgIpc) is 2.92. The summed E-state index contributed by atoms with van der Waals surface area (Å²) in [6, 6.07) is 0.